The van der Waals surface area contributed by atoms with Crippen LogP contribution in [0, 0.1) is 11.6 Å². The average Bonchev–Trinajstić information content (AvgIpc) is 2.28. The summed E-state index contributed by atoms with van der Waals surface area (Å²) in [4.78, 5) is 11.0. The standard InChI is InChI=1S/C12H14F2O2/c1-2-10(15)4-3-7-16-12-8-9(13)5-6-11(12)14/h5-6,8H,2-4,7H2,1H3. The number of Topliss-reactive ketones (excluding diaryl/α,β-unsaturated/α-hetero) is 1. The minimum Gasteiger partial charge on any atom is -0.490 e. The molecule has 0 fully saturated rings. The maximum atomic E-state index is 13.1. The van der Waals surface area contributed by atoms with E-state index in [-0.39, 0.29) is 18.1 Å². The molecule has 1 aromatic carbocycles. The van der Waals surface area contributed by atoms with Crippen LogP contribution >= 0.6 is 0 Å². The van der Waals surface area contributed by atoms with Crippen molar-refractivity contribution in [1.29, 1.82) is 0 Å². The topological polar surface area (TPSA) is 26.3 Å². The molecule has 1 rings (SSSR count). The average molecular weight is 228 g/mol. The zero-order chi connectivity index (χ0) is 12.0. The Balaban J connectivity index is 2.37. The highest BCUT2D eigenvalue weighted by Crippen LogP contribution is 2.18. The first-order chi connectivity index (χ1) is 7.63. The number of carbonyl (C=O) groups is 1. The molecule has 88 valence electrons. The molecule has 0 amide bonds. The van der Waals surface area contributed by atoms with Crippen molar-refractivity contribution in [3.63, 3.8) is 0 Å². The minimum atomic E-state index is -0.594. The van der Waals surface area contributed by atoms with Crippen LogP contribution in [0.15, 0.2) is 18.2 Å². The summed E-state index contributed by atoms with van der Waals surface area (Å²) in [5.41, 5.74) is 0. The molecule has 0 bridgehead atoms. The van der Waals surface area contributed by atoms with Gasteiger partial charge in [0.05, 0.1) is 6.61 Å². The van der Waals surface area contributed by atoms with Crippen molar-refractivity contribution in [2.24, 2.45) is 0 Å². The largest absolute Gasteiger partial charge is 0.490 e. The van der Waals surface area contributed by atoms with Gasteiger partial charge in [-0.15, -0.1) is 0 Å². The van der Waals surface area contributed by atoms with Crippen molar-refractivity contribution in [1.82, 2.24) is 0 Å². The Kier molecular flexibility index (Phi) is 4.89. The second-order valence-electron chi connectivity index (χ2n) is 3.42. The maximum Gasteiger partial charge on any atom is 0.165 e. The molecule has 4 heteroatoms. The van der Waals surface area contributed by atoms with Gasteiger partial charge in [-0.2, -0.15) is 0 Å². The van der Waals surface area contributed by atoms with Crippen LogP contribution in [0.25, 0.3) is 0 Å². The fourth-order valence-electron chi connectivity index (χ4n) is 1.22. The molecule has 0 saturated heterocycles. The normalized spacial score (nSPS) is 10.2. The van der Waals surface area contributed by atoms with E-state index >= 15 is 0 Å². The Morgan fingerprint density at radius 3 is 2.81 bits per heavy atom. The number of hydrogen-bond donors (Lipinski definition) is 0. The monoisotopic (exact) mass is 228 g/mol. The van der Waals surface area contributed by atoms with E-state index in [1.165, 1.54) is 0 Å². The van der Waals surface area contributed by atoms with Gasteiger partial charge in [0.15, 0.2) is 11.6 Å². The number of carbonyl (C=O) groups excluding carboxylic acids is 1. The molecule has 16 heavy (non-hydrogen) atoms. The molecule has 0 aromatic heterocycles. The van der Waals surface area contributed by atoms with Gasteiger partial charge in [-0.25, -0.2) is 8.78 Å². The van der Waals surface area contributed by atoms with Crippen LogP contribution < -0.4 is 4.74 Å². The zero-order valence-corrected chi connectivity index (χ0v) is 9.13. The summed E-state index contributed by atoms with van der Waals surface area (Å²) in [6.07, 6.45) is 1.42. The Hall–Kier alpha value is -1.45. The van der Waals surface area contributed by atoms with E-state index in [4.69, 9.17) is 4.74 Å². The molecule has 0 saturated carbocycles. The lowest BCUT2D eigenvalue weighted by molar-refractivity contribution is -0.118. The number of rotatable bonds is 6. The van der Waals surface area contributed by atoms with E-state index in [1.807, 2.05) is 0 Å². The summed E-state index contributed by atoms with van der Waals surface area (Å²) >= 11 is 0. The molecule has 1 aromatic rings. The van der Waals surface area contributed by atoms with Crippen molar-refractivity contribution in [2.45, 2.75) is 26.2 Å². The molecule has 0 N–H and O–H groups in total. The van der Waals surface area contributed by atoms with Gasteiger partial charge in [-0.1, -0.05) is 6.92 Å². The van der Waals surface area contributed by atoms with Crippen LogP contribution in [0.1, 0.15) is 26.2 Å². The van der Waals surface area contributed by atoms with Crippen LogP contribution in [-0.2, 0) is 4.79 Å². The molecule has 2 nitrogen and oxygen atoms in total. The van der Waals surface area contributed by atoms with Gasteiger partial charge in [0.1, 0.15) is 11.6 Å². The van der Waals surface area contributed by atoms with E-state index < -0.39 is 11.6 Å². The van der Waals surface area contributed by atoms with E-state index in [2.05, 4.69) is 0 Å². The Morgan fingerprint density at radius 2 is 2.12 bits per heavy atom. The van der Waals surface area contributed by atoms with Gasteiger partial charge in [-0.05, 0) is 18.6 Å². The highest BCUT2D eigenvalue weighted by Gasteiger charge is 2.05. The third kappa shape index (κ3) is 3.96. The summed E-state index contributed by atoms with van der Waals surface area (Å²) < 4.78 is 30.8. The van der Waals surface area contributed by atoms with Crippen molar-refractivity contribution in [3.05, 3.63) is 29.8 Å². The minimum absolute atomic E-state index is 0.107. The lowest BCUT2D eigenvalue weighted by atomic mass is 10.2. The van der Waals surface area contributed by atoms with Crippen LogP contribution in [0.2, 0.25) is 0 Å². The summed E-state index contributed by atoms with van der Waals surface area (Å²) in [5, 5.41) is 0. The SMILES string of the molecule is CCC(=O)CCCOc1cc(F)ccc1F. The molecule has 0 heterocycles. The molecule has 0 aliphatic heterocycles. The molecule has 0 spiro atoms. The highest BCUT2D eigenvalue weighted by atomic mass is 19.1. The second-order valence-corrected chi connectivity index (χ2v) is 3.42. The second kappa shape index (κ2) is 6.20. The van der Waals surface area contributed by atoms with Crippen LogP contribution in [-0.4, -0.2) is 12.4 Å². The van der Waals surface area contributed by atoms with Crippen molar-refractivity contribution in [3.8, 4) is 5.75 Å². The third-order valence-corrected chi connectivity index (χ3v) is 2.15. The lowest BCUT2D eigenvalue weighted by Crippen LogP contribution is -2.03. The van der Waals surface area contributed by atoms with E-state index in [1.54, 1.807) is 6.92 Å². The Morgan fingerprint density at radius 1 is 1.38 bits per heavy atom. The van der Waals surface area contributed by atoms with Gasteiger partial charge in [0.2, 0.25) is 0 Å². The molecular weight excluding hydrogens is 214 g/mol. The summed E-state index contributed by atoms with van der Waals surface area (Å²) in [6.45, 7) is 2.00. The fourth-order valence-corrected chi connectivity index (χ4v) is 1.22. The van der Waals surface area contributed by atoms with E-state index in [0.29, 0.717) is 19.3 Å². The Labute approximate surface area is 93.2 Å². The fraction of sp³-hybridized carbons (Fsp3) is 0.417. The van der Waals surface area contributed by atoms with Gasteiger partial charge >= 0.3 is 0 Å². The smallest absolute Gasteiger partial charge is 0.165 e. The highest BCUT2D eigenvalue weighted by molar-refractivity contribution is 5.77. The molecule has 0 unspecified atom stereocenters. The van der Waals surface area contributed by atoms with Crippen molar-refractivity contribution < 1.29 is 18.3 Å². The summed E-state index contributed by atoms with van der Waals surface area (Å²) in [7, 11) is 0. The first kappa shape index (κ1) is 12.6. The quantitative estimate of drug-likeness (QED) is 0.699. The lowest BCUT2D eigenvalue weighted by Gasteiger charge is -2.06. The maximum absolute atomic E-state index is 13.1. The van der Waals surface area contributed by atoms with Gasteiger partial charge in [0.25, 0.3) is 0 Å². The number of ether oxygens (including phenoxy) is 1. The van der Waals surface area contributed by atoms with Crippen LogP contribution in [0.5, 0.6) is 5.75 Å². The zero-order valence-electron chi connectivity index (χ0n) is 9.13. The first-order valence-corrected chi connectivity index (χ1v) is 5.23. The Bertz CT molecular complexity index is 364. The van der Waals surface area contributed by atoms with E-state index in [9.17, 15) is 13.6 Å². The predicted molar refractivity (Wildman–Crippen MR) is 56.4 cm³/mol. The van der Waals surface area contributed by atoms with Gasteiger partial charge in [0, 0.05) is 18.9 Å². The van der Waals surface area contributed by atoms with Gasteiger partial charge in [-0.3, -0.25) is 4.79 Å². The molecule has 0 aliphatic rings. The number of hydrogen-bond acceptors (Lipinski definition) is 2. The number of halogens is 2. The molecule has 0 radical (unpaired) electrons. The molecule has 0 atom stereocenters. The predicted octanol–water partition coefficient (Wildman–Crippen LogP) is 3.10. The third-order valence-electron chi connectivity index (χ3n) is 2.15. The number of benzene rings is 1. The molecule has 0 aliphatic carbocycles. The summed E-state index contributed by atoms with van der Waals surface area (Å²) in [6, 6.07) is 3.04. The first-order valence-electron chi connectivity index (χ1n) is 5.23. The van der Waals surface area contributed by atoms with Crippen molar-refractivity contribution in [2.75, 3.05) is 6.61 Å². The molecular formula is C12H14F2O2. The van der Waals surface area contributed by atoms with Crippen LogP contribution in [0.3, 0.4) is 0 Å². The van der Waals surface area contributed by atoms with Crippen molar-refractivity contribution >= 4 is 5.78 Å². The summed E-state index contributed by atoms with van der Waals surface area (Å²) in [5.74, 6) is -1.10. The van der Waals surface area contributed by atoms with E-state index in [0.717, 1.165) is 18.2 Å². The number of ketones is 1. The van der Waals surface area contributed by atoms with Gasteiger partial charge < -0.3 is 4.74 Å². The van der Waals surface area contributed by atoms with Crippen LogP contribution in [0.4, 0.5) is 8.78 Å².